The van der Waals surface area contributed by atoms with Crippen LogP contribution in [0, 0.1) is 5.92 Å². The van der Waals surface area contributed by atoms with Crippen molar-refractivity contribution in [3.8, 4) is 0 Å². The number of rotatable bonds is 4. The fourth-order valence-corrected chi connectivity index (χ4v) is 4.03. The number of carbonyl (C=O) groups is 1. The predicted octanol–water partition coefficient (Wildman–Crippen LogP) is 2.26. The van der Waals surface area contributed by atoms with Crippen LogP contribution in [0.25, 0.3) is 0 Å². The largest absolute Gasteiger partial charge is 0.337 e. The number of aromatic nitrogens is 2. The van der Waals surface area contributed by atoms with Crippen molar-refractivity contribution >= 4 is 5.91 Å². The second-order valence-corrected chi connectivity index (χ2v) is 7.50. The Hall–Kier alpha value is -2.14. The van der Waals surface area contributed by atoms with Gasteiger partial charge in [0.15, 0.2) is 0 Å². The van der Waals surface area contributed by atoms with Gasteiger partial charge >= 0.3 is 0 Å². The molecule has 3 atom stereocenters. The van der Waals surface area contributed by atoms with Gasteiger partial charge in [-0.15, -0.1) is 0 Å². The normalized spacial score (nSPS) is 26.6. The minimum absolute atomic E-state index is 0.160. The van der Waals surface area contributed by atoms with Crippen molar-refractivity contribution in [2.45, 2.75) is 31.8 Å². The summed E-state index contributed by atoms with van der Waals surface area (Å²) in [5.74, 6) is 0.865. The standard InChI is InChI=1S/C20H26N4O/c1-15-12-23(13-16-6-4-3-5-7-16)8-9-24(15)20(25)19-10-18(19)17-11-21-22(2)14-17/h3-7,11,14-15,18-19H,8-10,12-13H2,1-2H3/t15-,18-,19+/m1/s1. The van der Waals surface area contributed by atoms with E-state index in [0.29, 0.717) is 11.8 Å². The van der Waals surface area contributed by atoms with E-state index in [4.69, 9.17) is 0 Å². The molecular weight excluding hydrogens is 312 g/mol. The summed E-state index contributed by atoms with van der Waals surface area (Å²) in [4.78, 5) is 17.5. The summed E-state index contributed by atoms with van der Waals surface area (Å²) in [6.45, 7) is 5.88. The highest BCUT2D eigenvalue weighted by Crippen LogP contribution is 2.48. The van der Waals surface area contributed by atoms with Crippen molar-refractivity contribution in [3.63, 3.8) is 0 Å². The second kappa shape index (κ2) is 6.64. The molecule has 1 aromatic heterocycles. The molecule has 1 aliphatic carbocycles. The fraction of sp³-hybridized carbons (Fsp3) is 0.500. The molecule has 2 heterocycles. The summed E-state index contributed by atoms with van der Waals surface area (Å²) >= 11 is 0. The number of nitrogens with zero attached hydrogens (tertiary/aromatic N) is 4. The number of aryl methyl sites for hydroxylation is 1. The summed E-state index contributed by atoms with van der Waals surface area (Å²) in [6.07, 6.45) is 4.92. The van der Waals surface area contributed by atoms with Gasteiger partial charge in [0.2, 0.25) is 5.91 Å². The van der Waals surface area contributed by atoms with Crippen molar-refractivity contribution in [2.75, 3.05) is 19.6 Å². The Labute approximate surface area is 149 Å². The first kappa shape index (κ1) is 16.3. The average molecular weight is 338 g/mol. The van der Waals surface area contributed by atoms with Gasteiger partial charge in [-0.05, 0) is 30.4 Å². The van der Waals surface area contributed by atoms with Gasteiger partial charge in [0, 0.05) is 51.4 Å². The summed E-state index contributed by atoms with van der Waals surface area (Å²) in [7, 11) is 1.93. The zero-order chi connectivity index (χ0) is 17.4. The third-order valence-electron chi connectivity index (χ3n) is 5.50. The molecule has 0 unspecified atom stereocenters. The van der Waals surface area contributed by atoms with E-state index in [1.807, 2.05) is 24.1 Å². The molecule has 1 aliphatic heterocycles. The Balaban J connectivity index is 1.33. The summed E-state index contributed by atoms with van der Waals surface area (Å²) < 4.78 is 1.82. The van der Waals surface area contributed by atoms with Gasteiger partial charge in [0.05, 0.1) is 6.20 Å². The molecule has 25 heavy (non-hydrogen) atoms. The molecule has 1 amide bonds. The number of amides is 1. The third-order valence-corrected chi connectivity index (χ3v) is 5.50. The number of piperazine rings is 1. The highest BCUT2D eigenvalue weighted by molar-refractivity contribution is 5.83. The van der Waals surface area contributed by atoms with Gasteiger partial charge < -0.3 is 4.90 Å². The van der Waals surface area contributed by atoms with Crippen LogP contribution in [-0.2, 0) is 18.4 Å². The smallest absolute Gasteiger partial charge is 0.226 e. The van der Waals surface area contributed by atoms with Crippen LogP contribution in [0.4, 0.5) is 0 Å². The van der Waals surface area contributed by atoms with Crippen molar-refractivity contribution < 1.29 is 4.79 Å². The lowest BCUT2D eigenvalue weighted by atomic mass is 10.1. The molecule has 5 nitrogen and oxygen atoms in total. The number of hydrogen-bond acceptors (Lipinski definition) is 3. The molecule has 5 heteroatoms. The number of carbonyl (C=O) groups excluding carboxylic acids is 1. The van der Waals surface area contributed by atoms with E-state index in [1.165, 1.54) is 11.1 Å². The van der Waals surface area contributed by atoms with E-state index < -0.39 is 0 Å². The maximum atomic E-state index is 12.9. The molecule has 0 N–H and O–H groups in total. The Bertz CT molecular complexity index is 741. The van der Waals surface area contributed by atoms with Gasteiger partial charge in [0.25, 0.3) is 0 Å². The van der Waals surface area contributed by atoms with E-state index in [2.05, 4.69) is 52.2 Å². The van der Waals surface area contributed by atoms with E-state index in [0.717, 1.165) is 32.6 Å². The van der Waals surface area contributed by atoms with Crippen LogP contribution in [0.15, 0.2) is 42.7 Å². The molecule has 4 rings (SSSR count). The van der Waals surface area contributed by atoms with Crippen LogP contribution >= 0.6 is 0 Å². The SMILES string of the molecule is C[C@@H]1CN(Cc2ccccc2)CCN1C(=O)[C@H]1C[C@@H]1c1cnn(C)c1. The minimum atomic E-state index is 0.160. The highest BCUT2D eigenvalue weighted by Gasteiger charge is 2.47. The van der Waals surface area contributed by atoms with Crippen LogP contribution in [0.3, 0.4) is 0 Å². The van der Waals surface area contributed by atoms with E-state index in [1.54, 1.807) is 0 Å². The lowest BCUT2D eigenvalue weighted by molar-refractivity contribution is -0.137. The van der Waals surface area contributed by atoms with Crippen LogP contribution in [-0.4, -0.2) is 51.2 Å². The number of benzene rings is 1. The Morgan fingerprint density at radius 3 is 2.72 bits per heavy atom. The van der Waals surface area contributed by atoms with Gasteiger partial charge in [-0.25, -0.2) is 0 Å². The minimum Gasteiger partial charge on any atom is -0.337 e. The lowest BCUT2D eigenvalue weighted by Gasteiger charge is -2.40. The third kappa shape index (κ3) is 3.47. The van der Waals surface area contributed by atoms with Gasteiger partial charge in [-0.3, -0.25) is 14.4 Å². The highest BCUT2D eigenvalue weighted by atomic mass is 16.2. The Kier molecular flexibility index (Phi) is 4.34. The molecule has 0 radical (unpaired) electrons. The molecule has 0 spiro atoms. The molecule has 1 aromatic carbocycles. The molecule has 0 bridgehead atoms. The predicted molar refractivity (Wildman–Crippen MR) is 97.0 cm³/mol. The Morgan fingerprint density at radius 2 is 2.04 bits per heavy atom. The molecule has 132 valence electrons. The molecule has 2 fully saturated rings. The zero-order valence-electron chi connectivity index (χ0n) is 15.0. The first-order valence-electron chi connectivity index (χ1n) is 9.17. The van der Waals surface area contributed by atoms with Crippen molar-refractivity contribution in [1.29, 1.82) is 0 Å². The maximum absolute atomic E-state index is 12.9. The molecule has 1 saturated heterocycles. The van der Waals surface area contributed by atoms with Crippen LogP contribution in [0.2, 0.25) is 0 Å². The lowest BCUT2D eigenvalue weighted by Crippen LogP contribution is -2.54. The van der Waals surface area contributed by atoms with Crippen LogP contribution in [0.5, 0.6) is 0 Å². The fourth-order valence-electron chi connectivity index (χ4n) is 4.03. The van der Waals surface area contributed by atoms with Crippen LogP contribution < -0.4 is 0 Å². The molecule has 1 saturated carbocycles. The van der Waals surface area contributed by atoms with Gasteiger partial charge in [0.1, 0.15) is 0 Å². The second-order valence-electron chi connectivity index (χ2n) is 7.50. The first-order valence-corrected chi connectivity index (χ1v) is 9.17. The molecule has 2 aliphatic rings. The summed E-state index contributed by atoms with van der Waals surface area (Å²) in [5, 5.41) is 4.23. The van der Waals surface area contributed by atoms with Crippen molar-refractivity contribution in [1.82, 2.24) is 19.6 Å². The van der Waals surface area contributed by atoms with Gasteiger partial charge in [-0.2, -0.15) is 5.10 Å². The quantitative estimate of drug-likeness (QED) is 0.859. The maximum Gasteiger partial charge on any atom is 0.226 e. The Morgan fingerprint density at radius 1 is 1.24 bits per heavy atom. The summed E-state index contributed by atoms with van der Waals surface area (Å²) in [5.41, 5.74) is 2.55. The summed E-state index contributed by atoms with van der Waals surface area (Å²) in [6, 6.07) is 10.8. The van der Waals surface area contributed by atoms with Crippen molar-refractivity contribution in [2.24, 2.45) is 13.0 Å². The monoisotopic (exact) mass is 338 g/mol. The molecular formula is C20H26N4O. The van der Waals surface area contributed by atoms with Gasteiger partial charge in [-0.1, -0.05) is 30.3 Å². The topological polar surface area (TPSA) is 41.4 Å². The number of hydrogen-bond donors (Lipinski definition) is 0. The zero-order valence-corrected chi connectivity index (χ0v) is 15.0. The molecule has 2 aromatic rings. The van der Waals surface area contributed by atoms with Crippen LogP contribution in [0.1, 0.15) is 30.4 Å². The first-order chi connectivity index (χ1) is 12.1. The van der Waals surface area contributed by atoms with E-state index in [9.17, 15) is 4.79 Å². The average Bonchev–Trinajstić information content (AvgIpc) is 3.29. The van der Waals surface area contributed by atoms with E-state index >= 15 is 0 Å². The van der Waals surface area contributed by atoms with E-state index in [-0.39, 0.29) is 12.0 Å². The van der Waals surface area contributed by atoms with Crippen molar-refractivity contribution in [3.05, 3.63) is 53.9 Å².